The topological polar surface area (TPSA) is 38.3 Å². The predicted octanol–water partition coefficient (Wildman–Crippen LogP) is 3.76. The summed E-state index contributed by atoms with van der Waals surface area (Å²) in [6.45, 7) is 3.90. The zero-order chi connectivity index (χ0) is 15.9. The summed E-state index contributed by atoms with van der Waals surface area (Å²) in [6.07, 6.45) is 1.87. The number of amides is 1. The lowest BCUT2D eigenvalue weighted by Gasteiger charge is -2.13. The summed E-state index contributed by atoms with van der Waals surface area (Å²) < 4.78 is 5.37. The molecule has 0 spiro atoms. The quantitative estimate of drug-likeness (QED) is 0.674. The van der Waals surface area contributed by atoms with E-state index >= 15 is 0 Å². The number of carbonyl (C=O) groups excluding carboxylic acids is 1. The maximum atomic E-state index is 12.5. The highest BCUT2D eigenvalue weighted by molar-refractivity contribution is 6.24. The second-order valence-electron chi connectivity index (χ2n) is 5.29. The summed E-state index contributed by atoms with van der Waals surface area (Å²) in [7, 11) is 1.63. The van der Waals surface area contributed by atoms with Gasteiger partial charge in [0.15, 0.2) is 0 Å². The number of carbonyl (C=O) groups is 1. The van der Waals surface area contributed by atoms with E-state index in [0.717, 1.165) is 16.9 Å². The Labute approximate surface area is 131 Å². The molecule has 3 nitrogen and oxygen atoms in total. The van der Waals surface area contributed by atoms with Crippen LogP contribution in [0.15, 0.2) is 54.6 Å². The fourth-order valence-electron chi connectivity index (χ4n) is 2.18. The second kappa shape index (κ2) is 7.46. The molecule has 1 N–H and O–H groups in total. The summed E-state index contributed by atoms with van der Waals surface area (Å²) in [5.41, 5.74) is 2.38. The first kappa shape index (κ1) is 15.8. The third-order valence-corrected chi connectivity index (χ3v) is 3.19. The van der Waals surface area contributed by atoms with E-state index in [4.69, 9.17) is 4.74 Å². The third kappa shape index (κ3) is 3.98. The van der Waals surface area contributed by atoms with Crippen LogP contribution in [0.4, 0.5) is 0 Å². The largest absolute Gasteiger partial charge is 0.496 e. The Hall–Kier alpha value is -2.55. The fraction of sp³-hybridized carbons (Fsp3) is 0.211. The molecule has 3 heteroatoms. The number of rotatable bonds is 5. The molecule has 1 amide bonds. The number of ether oxygens (including phenoxy) is 1. The summed E-state index contributed by atoms with van der Waals surface area (Å²) in [5, 5.41) is 2.95. The van der Waals surface area contributed by atoms with Crippen LogP contribution in [0.2, 0.25) is 0 Å². The first-order valence-corrected chi connectivity index (χ1v) is 7.33. The van der Waals surface area contributed by atoms with Gasteiger partial charge in [-0.05, 0) is 31.6 Å². The second-order valence-corrected chi connectivity index (χ2v) is 5.29. The highest BCUT2D eigenvalue weighted by Gasteiger charge is 2.13. The molecule has 2 rings (SSSR count). The maximum Gasteiger partial charge on any atom is 0.252 e. The van der Waals surface area contributed by atoms with Crippen molar-refractivity contribution < 1.29 is 9.53 Å². The molecule has 22 heavy (non-hydrogen) atoms. The summed E-state index contributed by atoms with van der Waals surface area (Å²) in [4.78, 5) is 12.5. The van der Waals surface area contributed by atoms with Crippen LogP contribution in [0.3, 0.4) is 0 Å². The van der Waals surface area contributed by atoms with Crippen molar-refractivity contribution in [3.8, 4) is 5.75 Å². The lowest BCUT2D eigenvalue weighted by Crippen LogP contribution is -2.30. The molecule has 0 aliphatic heterocycles. The van der Waals surface area contributed by atoms with Gasteiger partial charge in [0.2, 0.25) is 0 Å². The minimum atomic E-state index is -0.0906. The summed E-state index contributed by atoms with van der Waals surface area (Å²) in [6, 6.07) is 17.4. The van der Waals surface area contributed by atoms with Gasteiger partial charge in [-0.2, -0.15) is 0 Å². The van der Waals surface area contributed by atoms with Crippen LogP contribution in [0.1, 0.15) is 25.0 Å². The number of benzene rings is 2. The lowest BCUT2D eigenvalue weighted by molar-refractivity contribution is -0.116. The van der Waals surface area contributed by atoms with Crippen LogP contribution in [-0.4, -0.2) is 19.1 Å². The Balaban J connectivity index is 2.48. The molecule has 2 aromatic carbocycles. The van der Waals surface area contributed by atoms with E-state index in [1.54, 1.807) is 7.11 Å². The molecule has 0 saturated heterocycles. The van der Waals surface area contributed by atoms with Gasteiger partial charge in [-0.3, -0.25) is 4.79 Å². The van der Waals surface area contributed by atoms with Gasteiger partial charge in [-0.25, -0.2) is 0 Å². The molecule has 0 radical (unpaired) electrons. The van der Waals surface area contributed by atoms with Gasteiger partial charge in [0, 0.05) is 17.2 Å². The number of para-hydroxylation sites is 1. The van der Waals surface area contributed by atoms with Crippen LogP contribution in [-0.2, 0) is 4.79 Å². The lowest BCUT2D eigenvalue weighted by atomic mass is 10.0. The Kier molecular flexibility index (Phi) is 5.37. The first-order valence-electron chi connectivity index (χ1n) is 7.33. The highest BCUT2D eigenvalue weighted by atomic mass is 16.5. The van der Waals surface area contributed by atoms with Gasteiger partial charge >= 0.3 is 0 Å². The van der Waals surface area contributed by atoms with E-state index in [-0.39, 0.29) is 11.9 Å². The first-order chi connectivity index (χ1) is 10.6. The van der Waals surface area contributed by atoms with Crippen molar-refractivity contribution >= 4 is 17.6 Å². The van der Waals surface area contributed by atoms with Crippen LogP contribution >= 0.6 is 0 Å². The standard InChI is InChI=1S/C19H21NO2/c1-14(2)20-19(21)17(15-9-5-4-6-10-15)13-16-11-7-8-12-18(16)22-3/h4-14H,1-3H3,(H,20,21)/b17-13+. The van der Waals surface area contributed by atoms with E-state index < -0.39 is 0 Å². The Morgan fingerprint density at radius 2 is 1.68 bits per heavy atom. The predicted molar refractivity (Wildman–Crippen MR) is 90.6 cm³/mol. The Bertz CT molecular complexity index is 660. The van der Waals surface area contributed by atoms with Gasteiger partial charge in [0.1, 0.15) is 5.75 Å². The zero-order valence-corrected chi connectivity index (χ0v) is 13.2. The molecule has 0 fully saturated rings. The van der Waals surface area contributed by atoms with Crippen LogP contribution in [0.25, 0.3) is 11.6 Å². The van der Waals surface area contributed by atoms with Gasteiger partial charge in [0.05, 0.1) is 7.11 Å². The Morgan fingerprint density at radius 3 is 2.32 bits per heavy atom. The van der Waals surface area contributed by atoms with E-state index in [1.807, 2.05) is 74.5 Å². The third-order valence-electron chi connectivity index (χ3n) is 3.19. The molecule has 0 heterocycles. The van der Waals surface area contributed by atoms with E-state index in [1.165, 1.54) is 0 Å². The van der Waals surface area contributed by atoms with Gasteiger partial charge in [-0.15, -0.1) is 0 Å². The number of nitrogens with one attached hydrogen (secondary N) is 1. The Morgan fingerprint density at radius 1 is 1.05 bits per heavy atom. The molecule has 0 aromatic heterocycles. The average Bonchev–Trinajstić information content (AvgIpc) is 2.53. The van der Waals surface area contributed by atoms with Gasteiger partial charge < -0.3 is 10.1 Å². The fourth-order valence-corrected chi connectivity index (χ4v) is 2.18. The molecule has 0 atom stereocenters. The normalized spacial score (nSPS) is 11.4. The smallest absolute Gasteiger partial charge is 0.252 e. The van der Waals surface area contributed by atoms with Gasteiger partial charge in [0.25, 0.3) is 5.91 Å². The monoisotopic (exact) mass is 295 g/mol. The van der Waals surface area contributed by atoms with Gasteiger partial charge in [-0.1, -0.05) is 48.5 Å². The summed E-state index contributed by atoms with van der Waals surface area (Å²) in [5.74, 6) is 0.653. The molecule has 0 unspecified atom stereocenters. The van der Waals surface area contributed by atoms with E-state index in [2.05, 4.69) is 5.32 Å². The van der Waals surface area contributed by atoms with Crippen molar-refractivity contribution in [3.63, 3.8) is 0 Å². The van der Waals surface area contributed by atoms with Crippen molar-refractivity contribution in [1.29, 1.82) is 0 Å². The zero-order valence-electron chi connectivity index (χ0n) is 13.2. The SMILES string of the molecule is COc1ccccc1/C=C(/C(=O)NC(C)C)c1ccccc1. The minimum Gasteiger partial charge on any atom is -0.496 e. The molecule has 0 bridgehead atoms. The van der Waals surface area contributed by atoms with Crippen LogP contribution < -0.4 is 10.1 Å². The minimum absolute atomic E-state index is 0.0808. The molecule has 0 aliphatic rings. The molecular formula is C19H21NO2. The van der Waals surface area contributed by atoms with E-state index in [0.29, 0.717) is 5.57 Å². The van der Waals surface area contributed by atoms with Crippen molar-refractivity contribution in [3.05, 3.63) is 65.7 Å². The maximum absolute atomic E-state index is 12.5. The summed E-state index contributed by atoms with van der Waals surface area (Å²) >= 11 is 0. The average molecular weight is 295 g/mol. The van der Waals surface area contributed by atoms with E-state index in [9.17, 15) is 4.79 Å². The van der Waals surface area contributed by atoms with Crippen molar-refractivity contribution in [2.45, 2.75) is 19.9 Å². The molecular weight excluding hydrogens is 274 g/mol. The van der Waals surface area contributed by atoms with Crippen molar-refractivity contribution in [2.24, 2.45) is 0 Å². The molecule has 2 aromatic rings. The number of hydrogen-bond donors (Lipinski definition) is 1. The molecule has 0 saturated carbocycles. The van der Waals surface area contributed by atoms with Crippen molar-refractivity contribution in [1.82, 2.24) is 5.32 Å². The van der Waals surface area contributed by atoms with Crippen molar-refractivity contribution in [2.75, 3.05) is 7.11 Å². The highest BCUT2D eigenvalue weighted by Crippen LogP contribution is 2.24. The molecule has 114 valence electrons. The molecule has 0 aliphatic carbocycles. The number of methoxy groups -OCH3 is 1. The number of hydrogen-bond acceptors (Lipinski definition) is 2. The van der Waals surface area contributed by atoms with Crippen LogP contribution in [0, 0.1) is 0 Å². The van der Waals surface area contributed by atoms with Crippen LogP contribution in [0.5, 0.6) is 5.75 Å².